The molecule has 7 heteroatoms. The van der Waals surface area contributed by atoms with Gasteiger partial charge in [0.05, 0.1) is 11.5 Å². The summed E-state index contributed by atoms with van der Waals surface area (Å²) in [6.07, 6.45) is 1.28. The first-order valence-corrected chi connectivity index (χ1v) is 6.37. The second-order valence-electron chi connectivity index (χ2n) is 4.45. The van der Waals surface area contributed by atoms with Crippen LogP contribution in [-0.4, -0.2) is 34.9 Å². The van der Waals surface area contributed by atoms with Gasteiger partial charge in [0.15, 0.2) is 0 Å². The molecule has 6 nitrogen and oxygen atoms in total. The van der Waals surface area contributed by atoms with E-state index in [1.54, 1.807) is 20.8 Å². The molecular formula is C9H16N2O4S. The zero-order valence-corrected chi connectivity index (χ0v) is 10.3. The van der Waals surface area contributed by atoms with Crippen LogP contribution in [0, 0.1) is 17.2 Å². The van der Waals surface area contributed by atoms with Crippen molar-refractivity contribution in [3.05, 3.63) is 0 Å². The number of hydrogen-bond acceptors (Lipinski definition) is 4. The van der Waals surface area contributed by atoms with Crippen LogP contribution in [0.5, 0.6) is 0 Å². The van der Waals surface area contributed by atoms with Gasteiger partial charge in [0.2, 0.25) is 5.91 Å². The number of β-lactam (4-membered cyclic amide) rings is 1. The molecule has 1 aliphatic rings. The summed E-state index contributed by atoms with van der Waals surface area (Å²) in [5, 5.41) is 6.99. The van der Waals surface area contributed by atoms with Crippen molar-refractivity contribution in [2.75, 3.05) is 0 Å². The molecule has 0 saturated carbocycles. The minimum Gasteiger partial charge on any atom is -0.313 e. The maximum atomic E-state index is 11.6. The largest absolute Gasteiger partial charge is 0.362 e. The van der Waals surface area contributed by atoms with Crippen molar-refractivity contribution in [2.45, 2.75) is 32.7 Å². The van der Waals surface area contributed by atoms with Crippen LogP contribution in [0.15, 0.2) is 0 Å². The van der Waals surface area contributed by atoms with Crippen molar-refractivity contribution in [3.8, 4) is 0 Å². The highest BCUT2D eigenvalue weighted by Crippen LogP contribution is 2.46. The van der Waals surface area contributed by atoms with Gasteiger partial charge >= 0.3 is 10.3 Å². The number of rotatable bonds is 4. The Morgan fingerprint density at radius 2 is 2.12 bits per heavy atom. The van der Waals surface area contributed by atoms with Crippen LogP contribution in [0.1, 0.15) is 27.2 Å². The summed E-state index contributed by atoms with van der Waals surface area (Å²) in [6, 6.07) is 0. The fraction of sp³-hybridized carbons (Fsp3) is 0.778. The molecule has 92 valence electrons. The van der Waals surface area contributed by atoms with E-state index in [1.807, 2.05) is 0 Å². The Morgan fingerprint density at radius 3 is 2.44 bits per heavy atom. The van der Waals surface area contributed by atoms with Gasteiger partial charge in [0, 0.05) is 0 Å². The molecule has 0 bridgehead atoms. The van der Waals surface area contributed by atoms with Gasteiger partial charge in [0.25, 0.3) is 0 Å². The summed E-state index contributed by atoms with van der Waals surface area (Å²) < 4.78 is 31.7. The van der Waals surface area contributed by atoms with E-state index in [0.717, 1.165) is 6.21 Å². The van der Waals surface area contributed by atoms with Crippen LogP contribution >= 0.6 is 0 Å². The Balaban J connectivity index is 3.16. The monoisotopic (exact) mass is 248 g/mol. The van der Waals surface area contributed by atoms with Gasteiger partial charge in [-0.1, -0.05) is 13.8 Å². The summed E-state index contributed by atoms with van der Waals surface area (Å²) in [5.74, 6) is -1.31. The Morgan fingerprint density at radius 1 is 1.62 bits per heavy atom. The van der Waals surface area contributed by atoms with Crippen molar-refractivity contribution < 1.29 is 17.8 Å². The Labute approximate surface area is 95.0 Å². The predicted molar refractivity (Wildman–Crippen MR) is 58.5 cm³/mol. The quantitative estimate of drug-likeness (QED) is 0.434. The molecule has 1 rings (SSSR count). The standard InChI is InChI=1S/C9H16N2O4S/c1-6(2)9(3)7(4-5-10)8(12)11(9)16(13,14)15/h5-7,10H,4H2,1-3H3,(H,13,14,15). The minimum atomic E-state index is -4.51. The molecule has 0 aliphatic carbocycles. The summed E-state index contributed by atoms with van der Waals surface area (Å²) in [6.45, 7) is 5.17. The van der Waals surface area contributed by atoms with E-state index in [4.69, 9.17) is 9.96 Å². The predicted octanol–water partition coefficient (Wildman–Crippen LogP) is 0.702. The average Bonchev–Trinajstić information content (AvgIpc) is 2.11. The zero-order chi connectivity index (χ0) is 12.7. The molecule has 2 unspecified atom stereocenters. The van der Waals surface area contributed by atoms with Crippen molar-refractivity contribution in [1.29, 1.82) is 5.41 Å². The van der Waals surface area contributed by atoms with Crippen LogP contribution in [0.3, 0.4) is 0 Å². The molecule has 0 spiro atoms. The molecule has 0 aromatic carbocycles. The van der Waals surface area contributed by atoms with E-state index in [-0.39, 0.29) is 12.3 Å². The highest BCUT2D eigenvalue weighted by Gasteiger charge is 2.62. The lowest BCUT2D eigenvalue weighted by Gasteiger charge is -2.55. The number of amides is 1. The van der Waals surface area contributed by atoms with E-state index in [2.05, 4.69) is 0 Å². The van der Waals surface area contributed by atoms with Crippen molar-refractivity contribution in [2.24, 2.45) is 11.8 Å². The SMILES string of the molecule is CC(C)C1(C)C(CC=N)C(=O)N1S(=O)(=O)O. The van der Waals surface area contributed by atoms with Crippen LogP contribution in [0.25, 0.3) is 0 Å². The maximum absolute atomic E-state index is 11.6. The highest BCUT2D eigenvalue weighted by molar-refractivity contribution is 7.84. The Bertz CT molecular complexity index is 417. The van der Waals surface area contributed by atoms with Gasteiger partial charge in [-0.3, -0.25) is 9.35 Å². The summed E-state index contributed by atoms with van der Waals surface area (Å²) in [7, 11) is -4.51. The molecule has 2 atom stereocenters. The first-order valence-electron chi connectivity index (χ1n) is 4.98. The lowest BCUT2D eigenvalue weighted by atomic mass is 9.68. The van der Waals surface area contributed by atoms with Gasteiger partial charge < -0.3 is 5.41 Å². The van der Waals surface area contributed by atoms with Crippen molar-refractivity contribution in [3.63, 3.8) is 0 Å². The smallest absolute Gasteiger partial charge is 0.313 e. The van der Waals surface area contributed by atoms with Gasteiger partial charge in [-0.2, -0.15) is 8.42 Å². The number of hydrogen-bond donors (Lipinski definition) is 2. The Hall–Kier alpha value is -0.950. The van der Waals surface area contributed by atoms with Crippen LogP contribution < -0.4 is 0 Å². The Kier molecular flexibility index (Phi) is 3.13. The third-order valence-electron chi connectivity index (χ3n) is 3.39. The van der Waals surface area contributed by atoms with E-state index < -0.39 is 27.7 Å². The van der Waals surface area contributed by atoms with Crippen molar-refractivity contribution in [1.82, 2.24) is 4.31 Å². The topological polar surface area (TPSA) is 98.5 Å². The van der Waals surface area contributed by atoms with Crippen LogP contribution in [0.4, 0.5) is 0 Å². The second-order valence-corrected chi connectivity index (χ2v) is 5.71. The lowest BCUT2D eigenvalue weighted by molar-refractivity contribution is -0.160. The molecule has 2 N–H and O–H groups in total. The molecule has 0 aromatic rings. The molecule has 1 amide bonds. The van der Waals surface area contributed by atoms with Gasteiger partial charge in [-0.05, 0) is 25.5 Å². The number of nitrogens with zero attached hydrogens (tertiary/aromatic N) is 1. The molecule has 1 aliphatic heterocycles. The summed E-state index contributed by atoms with van der Waals surface area (Å²) in [5.41, 5.74) is -0.942. The van der Waals surface area contributed by atoms with E-state index in [9.17, 15) is 13.2 Å². The normalized spacial score (nSPS) is 30.4. The van der Waals surface area contributed by atoms with Gasteiger partial charge in [-0.25, -0.2) is 4.31 Å². The highest BCUT2D eigenvalue weighted by atomic mass is 32.2. The lowest BCUT2D eigenvalue weighted by Crippen LogP contribution is -2.73. The molecule has 0 radical (unpaired) electrons. The molecule has 1 saturated heterocycles. The third kappa shape index (κ3) is 1.63. The summed E-state index contributed by atoms with van der Waals surface area (Å²) >= 11 is 0. The second kappa shape index (κ2) is 3.81. The third-order valence-corrected chi connectivity index (χ3v) is 4.43. The fourth-order valence-electron chi connectivity index (χ4n) is 2.16. The van der Waals surface area contributed by atoms with E-state index in [1.165, 1.54) is 0 Å². The summed E-state index contributed by atoms with van der Waals surface area (Å²) in [4.78, 5) is 11.6. The van der Waals surface area contributed by atoms with E-state index in [0.29, 0.717) is 4.31 Å². The minimum absolute atomic E-state index is 0.128. The number of nitrogens with one attached hydrogen (secondary N) is 1. The molecule has 1 heterocycles. The van der Waals surface area contributed by atoms with E-state index >= 15 is 0 Å². The molecule has 0 aromatic heterocycles. The number of carbonyl (C=O) groups excluding carboxylic acids is 1. The molecule has 1 fully saturated rings. The zero-order valence-electron chi connectivity index (χ0n) is 9.47. The molecule has 16 heavy (non-hydrogen) atoms. The first kappa shape index (κ1) is 13.1. The van der Waals surface area contributed by atoms with Gasteiger partial charge in [0.1, 0.15) is 0 Å². The number of carbonyl (C=O) groups is 1. The molecular weight excluding hydrogens is 232 g/mol. The maximum Gasteiger partial charge on any atom is 0.362 e. The average molecular weight is 248 g/mol. The van der Waals surface area contributed by atoms with Gasteiger partial charge in [-0.15, -0.1) is 0 Å². The fourth-order valence-corrected chi connectivity index (χ4v) is 3.35. The van der Waals surface area contributed by atoms with Crippen LogP contribution in [-0.2, 0) is 15.1 Å². The van der Waals surface area contributed by atoms with Crippen molar-refractivity contribution >= 4 is 22.4 Å². The first-order chi connectivity index (χ1) is 7.17. The van der Waals surface area contributed by atoms with Crippen LogP contribution in [0.2, 0.25) is 0 Å².